The maximum atomic E-state index is 12.0. The van der Waals surface area contributed by atoms with Gasteiger partial charge in [-0.25, -0.2) is 0 Å². The van der Waals surface area contributed by atoms with E-state index in [-0.39, 0.29) is 18.0 Å². The number of ether oxygens (including phenoxy) is 1. The van der Waals surface area contributed by atoms with Gasteiger partial charge in [-0.3, -0.25) is 4.79 Å². The van der Waals surface area contributed by atoms with Crippen LogP contribution in [0.25, 0.3) is 0 Å². The average molecular weight is 262 g/mol. The van der Waals surface area contributed by atoms with Gasteiger partial charge in [-0.15, -0.1) is 0 Å². The number of rotatable bonds is 5. The van der Waals surface area contributed by atoms with Gasteiger partial charge in [-0.2, -0.15) is 0 Å². The minimum absolute atomic E-state index is 0.00435. The monoisotopic (exact) mass is 262 g/mol. The molecule has 1 amide bonds. The third kappa shape index (κ3) is 3.70. The minimum atomic E-state index is -0.0301. The van der Waals surface area contributed by atoms with Crippen molar-refractivity contribution in [2.24, 2.45) is 0 Å². The molecule has 0 aromatic heterocycles. The Hall–Kier alpha value is -1.55. The normalized spacial score (nSPS) is 20.0. The van der Waals surface area contributed by atoms with E-state index in [1.807, 2.05) is 38.1 Å². The number of amides is 1. The van der Waals surface area contributed by atoms with Crippen LogP contribution in [0.1, 0.15) is 38.3 Å². The first-order valence-electron chi connectivity index (χ1n) is 6.97. The van der Waals surface area contributed by atoms with Crippen LogP contribution in [-0.2, 0) is 4.79 Å². The Balaban J connectivity index is 1.96. The van der Waals surface area contributed by atoms with Crippen molar-refractivity contribution >= 4 is 5.91 Å². The smallest absolute Gasteiger partial charge is 0.237 e. The Bertz CT molecular complexity index is 428. The summed E-state index contributed by atoms with van der Waals surface area (Å²) in [6, 6.07) is 7.84. The molecule has 0 bridgehead atoms. The van der Waals surface area contributed by atoms with E-state index >= 15 is 0 Å². The van der Waals surface area contributed by atoms with E-state index in [0.717, 1.165) is 30.7 Å². The fraction of sp³-hybridized carbons (Fsp3) is 0.533. The van der Waals surface area contributed by atoms with Crippen LogP contribution in [0.3, 0.4) is 0 Å². The van der Waals surface area contributed by atoms with Gasteiger partial charge >= 0.3 is 0 Å². The summed E-state index contributed by atoms with van der Waals surface area (Å²) in [5.74, 6) is 0.937. The van der Waals surface area contributed by atoms with Gasteiger partial charge in [0.1, 0.15) is 5.75 Å². The van der Waals surface area contributed by atoms with Gasteiger partial charge in [-0.05, 0) is 50.9 Å². The van der Waals surface area contributed by atoms with Crippen LogP contribution in [0, 0.1) is 0 Å². The Morgan fingerprint density at radius 2 is 2.42 bits per heavy atom. The summed E-state index contributed by atoms with van der Waals surface area (Å²) in [7, 11) is 0. The van der Waals surface area contributed by atoms with Gasteiger partial charge in [0.2, 0.25) is 5.91 Å². The van der Waals surface area contributed by atoms with Gasteiger partial charge < -0.3 is 15.4 Å². The van der Waals surface area contributed by atoms with Crippen LogP contribution in [0.5, 0.6) is 5.75 Å². The zero-order valence-electron chi connectivity index (χ0n) is 11.6. The summed E-state index contributed by atoms with van der Waals surface area (Å²) in [6.45, 7) is 5.55. The predicted molar refractivity (Wildman–Crippen MR) is 75.2 cm³/mol. The fourth-order valence-corrected chi connectivity index (χ4v) is 2.35. The third-order valence-electron chi connectivity index (χ3n) is 3.40. The molecular formula is C15H22N2O2. The molecule has 2 unspecified atom stereocenters. The standard InChI is InChI=1S/C15H22N2O2/c1-3-19-13-7-4-6-12(10-13)11(2)17-15(18)14-8-5-9-16-14/h4,6-7,10-11,14,16H,3,5,8-9H2,1-2H3,(H,17,18). The van der Waals surface area contributed by atoms with Crippen LogP contribution in [-0.4, -0.2) is 25.1 Å². The van der Waals surface area contributed by atoms with E-state index in [1.54, 1.807) is 0 Å². The van der Waals surface area contributed by atoms with Crippen molar-refractivity contribution in [3.05, 3.63) is 29.8 Å². The van der Waals surface area contributed by atoms with E-state index in [1.165, 1.54) is 0 Å². The zero-order chi connectivity index (χ0) is 13.7. The molecule has 0 spiro atoms. The van der Waals surface area contributed by atoms with Crippen molar-refractivity contribution in [1.82, 2.24) is 10.6 Å². The lowest BCUT2D eigenvalue weighted by molar-refractivity contribution is -0.123. The maximum absolute atomic E-state index is 12.0. The van der Waals surface area contributed by atoms with Crippen LogP contribution in [0.2, 0.25) is 0 Å². The molecule has 2 N–H and O–H groups in total. The highest BCUT2D eigenvalue weighted by atomic mass is 16.5. The fourth-order valence-electron chi connectivity index (χ4n) is 2.35. The van der Waals surface area contributed by atoms with Crippen molar-refractivity contribution in [3.63, 3.8) is 0 Å². The highest BCUT2D eigenvalue weighted by Crippen LogP contribution is 2.19. The molecular weight excluding hydrogens is 240 g/mol. The topological polar surface area (TPSA) is 50.4 Å². The third-order valence-corrected chi connectivity index (χ3v) is 3.40. The van der Waals surface area contributed by atoms with Crippen molar-refractivity contribution < 1.29 is 9.53 Å². The molecule has 104 valence electrons. The van der Waals surface area contributed by atoms with Crippen molar-refractivity contribution in [1.29, 1.82) is 0 Å². The zero-order valence-corrected chi connectivity index (χ0v) is 11.6. The second-order valence-corrected chi connectivity index (χ2v) is 4.88. The summed E-state index contributed by atoms with van der Waals surface area (Å²) >= 11 is 0. The maximum Gasteiger partial charge on any atom is 0.237 e. The lowest BCUT2D eigenvalue weighted by Gasteiger charge is -2.18. The summed E-state index contributed by atoms with van der Waals surface area (Å²) in [6.07, 6.45) is 2.00. The van der Waals surface area contributed by atoms with Gasteiger partial charge in [0.15, 0.2) is 0 Å². The molecule has 0 aliphatic carbocycles. The largest absolute Gasteiger partial charge is 0.494 e. The second-order valence-electron chi connectivity index (χ2n) is 4.88. The van der Waals surface area contributed by atoms with Crippen LogP contribution in [0.4, 0.5) is 0 Å². The van der Waals surface area contributed by atoms with Crippen molar-refractivity contribution in [3.8, 4) is 5.75 Å². The second kappa shape index (κ2) is 6.57. The summed E-state index contributed by atoms with van der Waals surface area (Å²) in [4.78, 5) is 12.0. The molecule has 1 saturated heterocycles. The number of nitrogens with one attached hydrogen (secondary N) is 2. The highest BCUT2D eigenvalue weighted by Gasteiger charge is 2.23. The SMILES string of the molecule is CCOc1cccc(C(C)NC(=O)C2CCCN2)c1. The summed E-state index contributed by atoms with van der Waals surface area (Å²) < 4.78 is 5.48. The summed E-state index contributed by atoms with van der Waals surface area (Å²) in [5, 5.41) is 6.26. The van der Waals surface area contributed by atoms with E-state index in [2.05, 4.69) is 10.6 Å². The number of carbonyl (C=O) groups excluding carboxylic acids is 1. The first-order chi connectivity index (χ1) is 9.20. The van der Waals surface area contributed by atoms with Crippen LogP contribution < -0.4 is 15.4 Å². The number of benzene rings is 1. The van der Waals surface area contributed by atoms with Gasteiger partial charge in [0, 0.05) is 0 Å². The Labute approximate surface area is 114 Å². The minimum Gasteiger partial charge on any atom is -0.494 e. The first-order valence-corrected chi connectivity index (χ1v) is 6.97. The molecule has 19 heavy (non-hydrogen) atoms. The molecule has 2 rings (SSSR count). The molecule has 4 nitrogen and oxygen atoms in total. The first kappa shape index (κ1) is 13.9. The van der Waals surface area contributed by atoms with E-state index in [9.17, 15) is 4.79 Å². The average Bonchev–Trinajstić information content (AvgIpc) is 2.93. The molecule has 0 saturated carbocycles. The lowest BCUT2D eigenvalue weighted by atomic mass is 10.1. The molecule has 1 heterocycles. The van der Waals surface area contributed by atoms with Crippen molar-refractivity contribution in [2.45, 2.75) is 38.8 Å². The Morgan fingerprint density at radius 1 is 1.58 bits per heavy atom. The predicted octanol–water partition coefficient (Wildman–Crippen LogP) is 2.01. The van der Waals surface area contributed by atoms with Gasteiger partial charge in [-0.1, -0.05) is 12.1 Å². The molecule has 1 aromatic carbocycles. The van der Waals surface area contributed by atoms with E-state index in [0.29, 0.717) is 6.61 Å². The molecule has 1 aromatic rings. The quantitative estimate of drug-likeness (QED) is 0.853. The van der Waals surface area contributed by atoms with Gasteiger partial charge in [0.25, 0.3) is 0 Å². The van der Waals surface area contributed by atoms with Crippen LogP contribution in [0.15, 0.2) is 24.3 Å². The molecule has 1 aliphatic rings. The lowest BCUT2D eigenvalue weighted by Crippen LogP contribution is -2.41. The van der Waals surface area contributed by atoms with E-state index in [4.69, 9.17) is 4.74 Å². The number of hydrogen-bond donors (Lipinski definition) is 2. The molecule has 4 heteroatoms. The summed E-state index contributed by atoms with van der Waals surface area (Å²) in [5.41, 5.74) is 1.07. The van der Waals surface area contributed by atoms with Crippen molar-refractivity contribution in [2.75, 3.05) is 13.2 Å². The number of carbonyl (C=O) groups is 1. The van der Waals surface area contributed by atoms with Gasteiger partial charge in [0.05, 0.1) is 18.7 Å². The molecule has 1 fully saturated rings. The molecule has 2 atom stereocenters. The highest BCUT2D eigenvalue weighted by molar-refractivity contribution is 5.82. The number of hydrogen-bond acceptors (Lipinski definition) is 3. The Kier molecular flexibility index (Phi) is 4.80. The molecule has 1 aliphatic heterocycles. The molecule has 0 radical (unpaired) electrons. The Morgan fingerprint density at radius 3 is 3.11 bits per heavy atom. The van der Waals surface area contributed by atoms with E-state index < -0.39 is 0 Å². The van der Waals surface area contributed by atoms with Crippen LogP contribution >= 0.6 is 0 Å².